The van der Waals surface area contributed by atoms with Crippen LogP contribution in [0.25, 0.3) is 16.8 Å². The first-order valence-electron chi connectivity index (χ1n) is 7.94. The fraction of sp³-hybridized carbons (Fsp3) is 0. The van der Waals surface area contributed by atoms with Gasteiger partial charge < -0.3 is 5.32 Å². The first kappa shape index (κ1) is 17.3. The predicted octanol–water partition coefficient (Wildman–Crippen LogP) is 4.24. The molecule has 3 rings (SSSR count). The van der Waals surface area contributed by atoms with Crippen LogP contribution in [0.2, 0.25) is 0 Å². The maximum Gasteiger partial charge on any atom is 0.250 e. The number of thiocarbonyl (C=S) groups is 1. The van der Waals surface area contributed by atoms with Crippen molar-refractivity contribution in [2.75, 3.05) is 5.32 Å². The van der Waals surface area contributed by atoms with E-state index in [4.69, 9.17) is 17.5 Å². The molecule has 126 valence electrons. The number of amides is 1. The lowest BCUT2D eigenvalue weighted by Gasteiger charge is -2.09. The van der Waals surface area contributed by atoms with E-state index in [0.717, 1.165) is 16.3 Å². The third-order valence-corrected chi connectivity index (χ3v) is 3.97. The van der Waals surface area contributed by atoms with Crippen LogP contribution in [0, 0.1) is 11.3 Å². The Morgan fingerprint density at radius 1 is 1.00 bits per heavy atom. The average molecular weight is 357 g/mol. The summed E-state index contributed by atoms with van der Waals surface area (Å²) in [6.45, 7) is 0. The summed E-state index contributed by atoms with van der Waals surface area (Å²) >= 11 is 5.14. The summed E-state index contributed by atoms with van der Waals surface area (Å²) < 4.78 is 0. The quantitative estimate of drug-likeness (QED) is 0.544. The van der Waals surface area contributed by atoms with Crippen molar-refractivity contribution in [3.8, 4) is 6.07 Å². The van der Waals surface area contributed by atoms with Gasteiger partial charge in [-0.05, 0) is 46.8 Å². The van der Waals surface area contributed by atoms with E-state index in [1.165, 1.54) is 6.08 Å². The van der Waals surface area contributed by atoms with E-state index >= 15 is 0 Å². The highest BCUT2D eigenvalue weighted by Gasteiger charge is 2.05. The molecule has 4 nitrogen and oxygen atoms in total. The summed E-state index contributed by atoms with van der Waals surface area (Å²) in [6.07, 6.45) is 3.19. The number of rotatable bonds is 3. The van der Waals surface area contributed by atoms with Crippen molar-refractivity contribution in [2.45, 2.75) is 0 Å². The van der Waals surface area contributed by atoms with E-state index in [-0.39, 0.29) is 11.0 Å². The minimum atomic E-state index is -0.343. The van der Waals surface area contributed by atoms with Crippen LogP contribution in [0.15, 0.2) is 72.8 Å². The molecule has 0 radical (unpaired) electrons. The highest BCUT2D eigenvalue weighted by atomic mass is 32.1. The Morgan fingerprint density at radius 2 is 1.73 bits per heavy atom. The normalized spacial score (nSPS) is 10.4. The minimum absolute atomic E-state index is 0.139. The molecule has 0 saturated carbocycles. The standard InChI is InChI=1S/C21H15N3OS/c22-14-17-7-2-4-11-19(17)23-21(26)24-20(25)13-12-16-9-5-8-15-6-1-3-10-18(15)16/h1-13H,(H2,23,24,25,26). The molecular formula is C21H15N3OS. The van der Waals surface area contributed by atoms with Crippen LogP contribution in [-0.2, 0) is 4.79 Å². The molecule has 0 heterocycles. The number of nitrogens with zero attached hydrogens (tertiary/aromatic N) is 1. The van der Waals surface area contributed by atoms with Crippen molar-refractivity contribution in [2.24, 2.45) is 0 Å². The highest BCUT2D eigenvalue weighted by molar-refractivity contribution is 7.80. The number of benzene rings is 3. The molecule has 1 amide bonds. The van der Waals surface area contributed by atoms with Gasteiger partial charge in [0.15, 0.2) is 5.11 Å². The van der Waals surface area contributed by atoms with Gasteiger partial charge in [0.2, 0.25) is 5.91 Å². The number of para-hydroxylation sites is 1. The summed E-state index contributed by atoms with van der Waals surface area (Å²) in [5, 5.41) is 16.8. The Labute approximate surface area is 156 Å². The zero-order valence-corrected chi connectivity index (χ0v) is 14.6. The molecule has 0 atom stereocenters. The van der Waals surface area contributed by atoms with Crippen LogP contribution < -0.4 is 10.6 Å². The fourth-order valence-electron chi connectivity index (χ4n) is 2.56. The Hall–Kier alpha value is -3.49. The van der Waals surface area contributed by atoms with E-state index < -0.39 is 0 Å². The Morgan fingerprint density at radius 3 is 2.58 bits per heavy atom. The molecular weight excluding hydrogens is 342 g/mol. The van der Waals surface area contributed by atoms with Gasteiger partial charge in [-0.25, -0.2) is 0 Å². The molecule has 0 aliphatic heterocycles. The molecule has 5 heteroatoms. The topological polar surface area (TPSA) is 64.9 Å². The molecule has 0 bridgehead atoms. The first-order chi connectivity index (χ1) is 12.7. The van der Waals surface area contributed by atoms with Gasteiger partial charge in [0.1, 0.15) is 6.07 Å². The molecule has 3 aromatic rings. The summed E-state index contributed by atoms with van der Waals surface area (Å²) in [5.41, 5.74) is 1.96. The molecule has 0 spiro atoms. The number of hydrogen-bond acceptors (Lipinski definition) is 3. The second-order valence-electron chi connectivity index (χ2n) is 5.50. The largest absolute Gasteiger partial charge is 0.331 e. The van der Waals surface area contributed by atoms with Crippen molar-refractivity contribution in [3.05, 3.63) is 83.9 Å². The SMILES string of the molecule is N#Cc1ccccc1NC(=S)NC(=O)C=Cc1cccc2ccccc12. The van der Waals surface area contributed by atoms with Gasteiger partial charge in [0.05, 0.1) is 11.3 Å². The lowest BCUT2D eigenvalue weighted by Crippen LogP contribution is -2.33. The van der Waals surface area contributed by atoms with Crippen LogP contribution >= 0.6 is 12.2 Å². The Kier molecular flexibility index (Phi) is 5.37. The average Bonchev–Trinajstić information content (AvgIpc) is 2.66. The van der Waals surface area contributed by atoms with Crippen molar-refractivity contribution >= 4 is 45.8 Å². The maximum absolute atomic E-state index is 12.1. The fourth-order valence-corrected chi connectivity index (χ4v) is 2.77. The number of hydrogen-bond donors (Lipinski definition) is 2. The molecule has 0 unspecified atom stereocenters. The van der Waals surface area contributed by atoms with Gasteiger partial charge in [0, 0.05) is 6.08 Å². The van der Waals surface area contributed by atoms with Crippen molar-refractivity contribution in [1.82, 2.24) is 5.32 Å². The van der Waals surface area contributed by atoms with Crippen molar-refractivity contribution in [1.29, 1.82) is 5.26 Å². The van der Waals surface area contributed by atoms with Crippen molar-refractivity contribution in [3.63, 3.8) is 0 Å². The molecule has 0 fully saturated rings. The molecule has 0 saturated heterocycles. The van der Waals surface area contributed by atoms with Crippen LogP contribution in [-0.4, -0.2) is 11.0 Å². The van der Waals surface area contributed by atoms with Gasteiger partial charge in [-0.1, -0.05) is 54.6 Å². The zero-order chi connectivity index (χ0) is 18.4. The van der Waals surface area contributed by atoms with Crippen LogP contribution in [0.4, 0.5) is 5.69 Å². The van der Waals surface area contributed by atoms with Crippen molar-refractivity contribution < 1.29 is 4.79 Å². The van der Waals surface area contributed by atoms with E-state index in [9.17, 15) is 4.79 Å². The summed E-state index contributed by atoms with van der Waals surface area (Å²) in [6, 6.07) is 22.9. The van der Waals surface area contributed by atoms with E-state index in [0.29, 0.717) is 11.3 Å². The predicted molar refractivity (Wildman–Crippen MR) is 109 cm³/mol. The molecule has 0 aliphatic rings. The van der Waals surface area contributed by atoms with Crippen LogP contribution in [0.3, 0.4) is 0 Å². The smallest absolute Gasteiger partial charge is 0.250 e. The maximum atomic E-state index is 12.1. The number of anilines is 1. The monoisotopic (exact) mass is 357 g/mol. The number of nitriles is 1. The van der Waals surface area contributed by atoms with Gasteiger partial charge in [0.25, 0.3) is 0 Å². The van der Waals surface area contributed by atoms with Crippen LogP contribution in [0.1, 0.15) is 11.1 Å². The van der Waals surface area contributed by atoms with Gasteiger partial charge >= 0.3 is 0 Å². The van der Waals surface area contributed by atoms with E-state index in [1.54, 1.807) is 30.3 Å². The second-order valence-corrected chi connectivity index (χ2v) is 5.91. The van der Waals surface area contributed by atoms with Gasteiger partial charge in [-0.3, -0.25) is 10.1 Å². The zero-order valence-electron chi connectivity index (χ0n) is 13.8. The summed E-state index contributed by atoms with van der Waals surface area (Å²) in [5.74, 6) is -0.343. The summed E-state index contributed by atoms with van der Waals surface area (Å²) in [7, 11) is 0. The Bertz CT molecular complexity index is 1050. The third kappa shape index (κ3) is 4.12. The number of carbonyl (C=O) groups is 1. The summed E-state index contributed by atoms with van der Waals surface area (Å²) in [4.78, 5) is 12.1. The molecule has 0 aromatic heterocycles. The lowest BCUT2D eigenvalue weighted by molar-refractivity contribution is -0.115. The third-order valence-electron chi connectivity index (χ3n) is 3.77. The molecule has 3 aromatic carbocycles. The molecule has 26 heavy (non-hydrogen) atoms. The van der Waals surface area contributed by atoms with Gasteiger partial charge in [-0.15, -0.1) is 0 Å². The second kappa shape index (κ2) is 8.06. The Balaban J connectivity index is 1.67. The number of fused-ring (bicyclic) bond motifs is 1. The molecule has 2 N–H and O–H groups in total. The van der Waals surface area contributed by atoms with E-state index in [1.807, 2.05) is 42.5 Å². The minimum Gasteiger partial charge on any atom is -0.331 e. The highest BCUT2D eigenvalue weighted by Crippen LogP contribution is 2.19. The molecule has 0 aliphatic carbocycles. The first-order valence-corrected chi connectivity index (χ1v) is 8.35. The van der Waals surface area contributed by atoms with Crippen LogP contribution in [0.5, 0.6) is 0 Å². The lowest BCUT2D eigenvalue weighted by atomic mass is 10.0. The number of nitrogens with one attached hydrogen (secondary N) is 2. The van der Waals surface area contributed by atoms with E-state index in [2.05, 4.69) is 16.7 Å². The number of carbonyl (C=O) groups excluding carboxylic acids is 1. The van der Waals surface area contributed by atoms with Gasteiger partial charge in [-0.2, -0.15) is 5.26 Å².